The Morgan fingerprint density at radius 3 is 0.853 bits per heavy atom. The van der Waals surface area contributed by atoms with E-state index in [0.29, 0.717) is 0 Å². The number of carbonyl (C=O) groups is 2. The van der Waals surface area contributed by atoms with E-state index in [1.165, 1.54) is 0 Å². The summed E-state index contributed by atoms with van der Waals surface area (Å²) in [6.07, 6.45) is 13.4. The van der Waals surface area contributed by atoms with Gasteiger partial charge in [-0.3, -0.25) is 0 Å². The predicted molar refractivity (Wildman–Crippen MR) is 150 cm³/mol. The molecule has 0 saturated heterocycles. The first-order valence-electron chi connectivity index (χ1n) is 14.3. The van der Waals surface area contributed by atoms with Crippen LogP contribution < -0.4 is 0 Å². The SMILES string of the molecule is CCC[CH2][Sn]([CH2]CCC)([CH2]CCC)[O]C(=O)C#CC(=O)[O][Sn]([CH2]CCC)([CH2]CCC)[CH2]CCC. The van der Waals surface area contributed by atoms with Crippen molar-refractivity contribution in [3.8, 4) is 11.8 Å². The first-order chi connectivity index (χ1) is 16.4. The fraction of sp³-hybridized carbons (Fsp3) is 0.857. The Kier molecular flexibility index (Phi) is 21.3. The van der Waals surface area contributed by atoms with E-state index in [2.05, 4.69) is 53.4 Å². The molecule has 0 fully saturated rings. The van der Waals surface area contributed by atoms with Crippen molar-refractivity contribution in [3.05, 3.63) is 0 Å². The van der Waals surface area contributed by atoms with Crippen LogP contribution in [0.2, 0.25) is 26.6 Å². The van der Waals surface area contributed by atoms with Gasteiger partial charge in [0.2, 0.25) is 0 Å². The Labute approximate surface area is 220 Å². The summed E-state index contributed by atoms with van der Waals surface area (Å²) in [5.41, 5.74) is 0. The van der Waals surface area contributed by atoms with Gasteiger partial charge in [-0.2, -0.15) is 0 Å². The van der Waals surface area contributed by atoms with Gasteiger partial charge >= 0.3 is 222 Å². The zero-order valence-corrected chi connectivity index (χ0v) is 29.1. The van der Waals surface area contributed by atoms with Crippen molar-refractivity contribution in [1.82, 2.24) is 0 Å². The van der Waals surface area contributed by atoms with Gasteiger partial charge in [0.15, 0.2) is 0 Å². The molecule has 198 valence electrons. The summed E-state index contributed by atoms with van der Waals surface area (Å²) in [7, 11) is 0. The van der Waals surface area contributed by atoms with Crippen molar-refractivity contribution in [2.45, 2.75) is 145 Å². The Morgan fingerprint density at radius 2 is 0.676 bits per heavy atom. The van der Waals surface area contributed by atoms with E-state index in [1.807, 2.05) is 0 Å². The van der Waals surface area contributed by atoms with Crippen LogP contribution >= 0.6 is 0 Å². The van der Waals surface area contributed by atoms with Crippen LogP contribution in [0.4, 0.5) is 0 Å². The molecule has 0 unspecified atom stereocenters. The van der Waals surface area contributed by atoms with Crippen LogP contribution in [0.25, 0.3) is 0 Å². The molecule has 6 heteroatoms. The average Bonchev–Trinajstić information content (AvgIpc) is 2.84. The summed E-state index contributed by atoms with van der Waals surface area (Å²) in [5, 5.41) is 0. The third-order valence-corrected chi connectivity index (χ3v) is 32.0. The summed E-state index contributed by atoms with van der Waals surface area (Å²) in [5.74, 6) is 4.16. The zero-order valence-electron chi connectivity index (χ0n) is 23.4. The van der Waals surface area contributed by atoms with E-state index < -0.39 is 49.5 Å². The normalized spacial score (nSPS) is 11.6. The summed E-state index contributed by atoms with van der Waals surface area (Å²) >= 11 is -6.14. The molecule has 0 radical (unpaired) electrons. The molecule has 0 N–H and O–H groups in total. The summed E-state index contributed by atoms with van der Waals surface area (Å²) in [6.45, 7) is 13.2. The molecule has 0 spiro atoms. The van der Waals surface area contributed by atoms with Crippen LogP contribution in [-0.2, 0) is 15.7 Å². The predicted octanol–water partition coefficient (Wildman–Crippen LogP) is 8.77. The summed E-state index contributed by atoms with van der Waals surface area (Å²) in [6, 6.07) is 0. The van der Waals surface area contributed by atoms with Crippen molar-refractivity contribution >= 4 is 49.5 Å². The van der Waals surface area contributed by atoms with Gasteiger partial charge in [-0.15, -0.1) is 0 Å². The molecule has 0 aliphatic heterocycles. The molecule has 4 nitrogen and oxygen atoms in total. The molecule has 0 saturated carbocycles. The maximum absolute atomic E-state index is 12.8. The molecule has 0 heterocycles. The fourth-order valence-electron chi connectivity index (χ4n) is 4.60. The average molecular weight is 692 g/mol. The van der Waals surface area contributed by atoms with Crippen LogP contribution in [0.3, 0.4) is 0 Å². The number of carbonyl (C=O) groups excluding carboxylic acids is 2. The van der Waals surface area contributed by atoms with Gasteiger partial charge in [0.1, 0.15) is 0 Å². The van der Waals surface area contributed by atoms with Gasteiger partial charge in [0, 0.05) is 0 Å². The van der Waals surface area contributed by atoms with Crippen molar-refractivity contribution in [2.75, 3.05) is 0 Å². The van der Waals surface area contributed by atoms with Crippen molar-refractivity contribution in [1.29, 1.82) is 0 Å². The molecule has 0 aromatic rings. The number of hydrogen-bond acceptors (Lipinski definition) is 4. The van der Waals surface area contributed by atoms with E-state index in [9.17, 15) is 9.59 Å². The first-order valence-corrected chi connectivity index (χ1v) is 28.8. The second-order valence-corrected chi connectivity index (χ2v) is 33.2. The second kappa shape index (κ2) is 21.2. The Bertz CT molecular complexity index is 516. The number of rotatable bonds is 20. The van der Waals surface area contributed by atoms with Crippen LogP contribution in [0, 0.1) is 11.8 Å². The van der Waals surface area contributed by atoms with Gasteiger partial charge < -0.3 is 0 Å². The quantitative estimate of drug-likeness (QED) is 0.0947. The van der Waals surface area contributed by atoms with E-state index in [-0.39, 0.29) is 0 Å². The third-order valence-electron chi connectivity index (χ3n) is 6.80. The number of unbranched alkanes of at least 4 members (excludes halogenated alkanes) is 6. The molecular weight excluding hydrogens is 638 g/mol. The summed E-state index contributed by atoms with van der Waals surface area (Å²) < 4.78 is 18.9. The Balaban J connectivity index is 5.49. The molecule has 0 rings (SSSR count). The molecule has 0 aliphatic carbocycles. The second-order valence-electron chi connectivity index (χ2n) is 10.0. The molecule has 0 amide bonds. The molecule has 0 aromatic heterocycles. The number of hydrogen-bond donors (Lipinski definition) is 0. The van der Waals surface area contributed by atoms with E-state index >= 15 is 0 Å². The van der Waals surface area contributed by atoms with Gasteiger partial charge in [-0.05, 0) is 0 Å². The molecule has 34 heavy (non-hydrogen) atoms. The molecular formula is C28H54O4Sn2. The first kappa shape index (κ1) is 34.1. The third kappa shape index (κ3) is 15.3. The Hall–Kier alpha value is 0.0974. The van der Waals surface area contributed by atoms with Crippen molar-refractivity contribution in [2.24, 2.45) is 0 Å². The monoisotopic (exact) mass is 694 g/mol. The van der Waals surface area contributed by atoms with Gasteiger partial charge in [0.05, 0.1) is 0 Å². The fourth-order valence-corrected chi connectivity index (χ4v) is 30.2. The van der Waals surface area contributed by atoms with Crippen molar-refractivity contribution < 1.29 is 15.7 Å². The minimum atomic E-state index is -3.07. The molecule has 0 atom stereocenters. The van der Waals surface area contributed by atoms with Gasteiger partial charge in [0.25, 0.3) is 0 Å². The van der Waals surface area contributed by atoms with E-state index in [1.54, 1.807) is 0 Å². The van der Waals surface area contributed by atoms with Crippen LogP contribution in [0.1, 0.15) is 119 Å². The van der Waals surface area contributed by atoms with Crippen LogP contribution in [0.15, 0.2) is 0 Å². The minimum absolute atomic E-state index is 0.479. The van der Waals surface area contributed by atoms with E-state index in [4.69, 9.17) is 6.15 Å². The van der Waals surface area contributed by atoms with Gasteiger partial charge in [-0.25, -0.2) is 0 Å². The molecule has 0 aromatic carbocycles. The molecule has 0 aliphatic rings. The molecule has 0 bridgehead atoms. The maximum atomic E-state index is 12.8. The van der Waals surface area contributed by atoms with Crippen molar-refractivity contribution in [3.63, 3.8) is 0 Å². The Morgan fingerprint density at radius 1 is 0.471 bits per heavy atom. The van der Waals surface area contributed by atoms with Gasteiger partial charge in [-0.1, -0.05) is 0 Å². The topological polar surface area (TPSA) is 52.6 Å². The summed E-state index contributed by atoms with van der Waals surface area (Å²) in [4.78, 5) is 25.6. The zero-order chi connectivity index (χ0) is 25.7. The van der Waals surface area contributed by atoms with Crippen LogP contribution in [0.5, 0.6) is 0 Å². The standard InChI is InChI=1S/C4H2O4.6C4H9.2Sn/c5-3(6)1-2-4(7)8;6*1-3-4-2;;/h(H,5,6)(H,7,8);6*1,3-4H2,2H3;;/q;;;;;;;2*+1/p-2. The van der Waals surface area contributed by atoms with Crippen LogP contribution in [-0.4, -0.2) is 49.5 Å². The van der Waals surface area contributed by atoms with E-state index in [0.717, 1.165) is 104 Å².